The molecule has 10 heteroatoms. The maximum Gasteiger partial charge on any atom is 0.387 e. The molecule has 2 N–H and O–H groups in total. The van der Waals surface area contributed by atoms with Gasteiger partial charge in [0.2, 0.25) is 0 Å². The van der Waals surface area contributed by atoms with Crippen molar-refractivity contribution in [1.82, 2.24) is 15.6 Å². The maximum atomic E-state index is 12.5. The van der Waals surface area contributed by atoms with E-state index in [0.717, 1.165) is 17.1 Å². The third-order valence-electron chi connectivity index (χ3n) is 3.61. The number of benzene rings is 1. The van der Waals surface area contributed by atoms with Crippen LogP contribution >= 0.6 is 46.9 Å². The number of halogens is 4. The molecule has 2 aromatic rings. The molecule has 0 unspecified atom stereocenters. The molecule has 0 radical (unpaired) electrons. The van der Waals surface area contributed by atoms with Gasteiger partial charge in [-0.2, -0.15) is 8.78 Å². The van der Waals surface area contributed by atoms with Gasteiger partial charge in [-0.1, -0.05) is 11.6 Å². The van der Waals surface area contributed by atoms with Crippen LogP contribution in [-0.2, 0) is 13.0 Å². The van der Waals surface area contributed by atoms with E-state index in [4.69, 9.17) is 11.6 Å². The number of alkyl halides is 2. The van der Waals surface area contributed by atoms with Gasteiger partial charge in [0.1, 0.15) is 5.75 Å². The van der Waals surface area contributed by atoms with Crippen LogP contribution in [0.15, 0.2) is 23.2 Å². The molecule has 5 nitrogen and oxygen atoms in total. The summed E-state index contributed by atoms with van der Waals surface area (Å²) < 4.78 is 29.5. The van der Waals surface area contributed by atoms with Crippen molar-refractivity contribution in [3.05, 3.63) is 44.4 Å². The van der Waals surface area contributed by atoms with Gasteiger partial charge in [0.15, 0.2) is 5.96 Å². The van der Waals surface area contributed by atoms with Crippen LogP contribution in [-0.4, -0.2) is 31.1 Å². The van der Waals surface area contributed by atoms with E-state index in [1.807, 2.05) is 6.92 Å². The Balaban J connectivity index is 0.00000364. The zero-order valence-corrected chi connectivity index (χ0v) is 19.1. The Labute approximate surface area is 183 Å². The first-order chi connectivity index (χ1) is 12.4. The summed E-state index contributed by atoms with van der Waals surface area (Å²) in [6, 6.07) is 4.52. The van der Waals surface area contributed by atoms with E-state index < -0.39 is 6.61 Å². The highest BCUT2D eigenvalue weighted by Gasteiger charge is 2.11. The molecule has 1 heterocycles. The first-order valence-electron chi connectivity index (χ1n) is 7.99. The highest BCUT2D eigenvalue weighted by atomic mass is 127. The highest BCUT2D eigenvalue weighted by Crippen LogP contribution is 2.24. The van der Waals surface area contributed by atoms with Gasteiger partial charge in [-0.15, -0.1) is 35.3 Å². The van der Waals surface area contributed by atoms with Crippen molar-refractivity contribution in [1.29, 1.82) is 0 Å². The van der Waals surface area contributed by atoms with Crippen LogP contribution in [0.3, 0.4) is 0 Å². The number of nitrogens with zero attached hydrogens (tertiary/aromatic N) is 2. The lowest BCUT2D eigenvalue weighted by molar-refractivity contribution is -0.0504. The number of ether oxygens (including phenoxy) is 1. The van der Waals surface area contributed by atoms with E-state index in [1.54, 1.807) is 24.5 Å². The van der Waals surface area contributed by atoms with Crippen LogP contribution in [0.1, 0.15) is 21.1 Å². The molecular formula is C17H22ClF2IN4OS. The molecule has 0 spiro atoms. The fourth-order valence-corrected chi connectivity index (χ4v) is 3.36. The molecule has 0 aliphatic heterocycles. The topological polar surface area (TPSA) is 58.5 Å². The van der Waals surface area contributed by atoms with Crippen molar-refractivity contribution < 1.29 is 13.5 Å². The van der Waals surface area contributed by atoms with Crippen molar-refractivity contribution >= 4 is 52.9 Å². The average Bonchev–Trinajstić information content (AvgIpc) is 2.90. The minimum absolute atomic E-state index is 0. The zero-order chi connectivity index (χ0) is 19.1. The van der Waals surface area contributed by atoms with Crippen LogP contribution in [0.25, 0.3) is 0 Å². The standard InChI is InChI=1S/C17H21ClF2N4OS.HI/c1-10-11(2)26-15(24-10)6-7-22-17(21-3)23-9-12-8-13(18)4-5-14(12)25-16(19)20;/h4-5,8,16H,6-7,9H2,1-3H3,(H2,21,22,23);1H. The van der Waals surface area contributed by atoms with Crippen LogP contribution in [0.4, 0.5) is 8.78 Å². The Bertz CT molecular complexity index is 754. The first kappa shape index (κ1) is 23.8. The molecule has 2 rings (SSSR count). The lowest BCUT2D eigenvalue weighted by atomic mass is 10.2. The first-order valence-corrected chi connectivity index (χ1v) is 9.19. The Morgan fingerprint density at radius 3 is 2.67 bits per heavy atom. The summed E-state index contributed by atoms with van der Waals surface area (Å²) in [5.41, 5.74) is 1.58. The average molecular weight is 531 g/mol. The molecule has 1 aromatic heterocycles. The minimum atomic E-state index is -2.89. The molecule has 0 fully saturated rings. The molecule has 0 bridgehead atoms. The molecule has 27 heavy (non-hydrogen) atoms. The Morgan fingerprint density at radius 1 is 1.33 bits per heavy atom. The van der Waals surface area contributed by atoms with Crippen molar-refractivity contribution in [3.8, 4) is 5.75 Å². The quantitative estimate of drug-likeness (QED) is 0.314. The largest absolute Gasteiger partial charge is 0.434 e. The second-order valence-electron chi connectivity index (χ2n) is 5.48. The predicted octanol–water partition coefficient (Wildman–Crippen LogP) is 4.54. The summed E-state index contributed by atoms with van der Waals surface area (Å²) in [4.78, 5) is 9.83. The summed E-state index contributed by atoms with van der Waals surface area (Å²) in [7, 11) is 1.64. The second-order valence-corrected chi connectivity index (χ2v) is 7.21. The fourth-order valence-electron chi connectivity index (χ4n) is 2.23. The lowest BCUT2D eigenvalue weighted by Crippen LogP contribution is -2.38. The minimum Gasteiger partial charge on any atom is -0.434 e. The number of aliphatic imine (C=N–C) groups is 1. The van der Waals surface area contributed by atoms with Crippen LogP contribution in [0, 0.1) is 13.8 Å². The SMILES string of the molecule is CN=C(NCCc1nc(C)c(C)s1)NCc1cc(Cl)ccc1OC(F)F.I. The summed E-state index contributed by atoms with van der Waals surface area (Å²) >= 11 is 7.63. The van der Waals surface area contributed by atoms with E-state index in [2.05, 4.69) is 32.3 Å². The van der Waals surface area contributed by atoms with Gasteiger partial charge in [0.05, 0.1) is 10.7 Å². The molecule has 0 saturated carbocycles. The Hall–Kier alpha value is -1.20. The Morgan fingerprint density at radius 2 is 2.07 bits per heavy atom. The summed E-state index contributed by atoms with van der Waals surface area (Å²) in [5, 5.41) is 7.75. The second kappa shape index (κ2) is 11.6. The van der Waals surface area contributed by atoms with E-state index in [0.29, 0.717) is 23.1 Å². The van der Waals surface area contributed by atoms with E-state index in [9.17, 15) is 8.78 Å². The Kier molecular flexibility index (Phi) is 10.2. The smallest absolute Gasteiger partial charge is 0.387 e. The monoisotopic (exact) mass is 530 g/mol. The van der Waals surface area contributed by atoms with Gasteiger partial charge in [0.25, 0.3) is 0 Å². The predicted molar refractivity (Wildman–Crippen MR) is 117 cm³/mol. The molecule has 0 amide bonds. The van der Waals surface area contributed by atoms with Crippen molar-refractivity contribution in [2.24, 2.45) is 4.99 Å². The summed E-state index contributed by atoms with van der Waals surface area (Å²) in [6.07, 6.45) is 0.775. The van der Waals surface area contributed by atoms with Crippen LogP contribution < -0.4 is 15.4 Å². The normalized spacial score (nSPS) is 11.3. The van der Waals surface area contributed by atoms with Crippen molar-refractivity contribution in [2.75, 3.05) is 13.6 Å². The molecular weight excluding hydrogens is 509 g/mol. The van der Waals surface area contributed by atoms with Gasteiger partial charge >= 0.3 is 6.61 Å². The number of rotatable bonds is 7. The van der Waals surface area contributed by atoms with Gasteiger partial charge in [-0.05, 0) is 32.0 Å². The summed E-state index contributed by atoms with van der Waals surface area (Å²) in [5.74, 6) is 0.638. The molecule has 150 valence electrons. The molecule has 1 aromatic carbocycles. The number of hydrogen-bond donors (Lipinski definition) is 2. The number of aromatic nitrogens is 1. The van der Waals surface area contributed by atoms with Crippen LogP contribution in [0.2, 0.25) is 5.02 Å². The lowest BCUT2D eigenvalue weighted by Gasteiger charge is -2.14. The van der Waals surface area contributed by atoms with Crippen molar-refractivity contribution in [3.63, 3.8) is 0 Å². The number of thiazole rings is 1. The molecule has 0 saturated heterocycles. The van der Waals surface area contributed by atoms with Crippen molar-refractivity contribution in [2.45, 2.75) is 33.4 Å². The molecule has 0 atom stereocenters. The number of nitrogens with one attached hydrogen (secondary N) is 2. The van der Waals surface area contributed by atoms with E-state index in [-0.39, 0.29) is 36.3 Å². The van der Waals surface area contributed by atoms with Gasteiger partial charge in [-0.25, -0.2) is 4.98 Å². The molecule has 0 aliphatic rings. The van der Waals surface area contributed by atoms with Gasteiger partial charge < -0.3 is 15.4 Å². The number of hydrogen-bond acceptors (Lipinski definition) is 4. The van der Waals surface area contributed by atoms with E-state index >= 15 is 0 Å². The summed E-state index contributed by atoms with van der Waals surface area (Å²) in [6.45, 7) is 2.05. The highest BCUT2D eigenvalue weighted by molar-refractivity contribution is 14.0. The van der Waals surface area contributed by atoms with Crippen LogP contribution in [0.5, 0.6) is 5.75 Å². The third-order valence-corrected chi connectivity index (χ3v) is 4.98. The van der Waals surface area contributed by atoms with Gasteiger partial charge in [-0.3, -0.25) is 4.99 Å². The molecule has 0 aliphatic carbocycles. The number of guanidine groups is 1. The fraction of sp³-hybridized carbons (Fsp3) is 0.412. The van der Waals surface area contributed by atoms with E-state index in [1.165, 1.54) is 17.0 Å². The third kappa shape index (κ3) is 7.74. The van der Waals surface area contributed by atoms with Gasteiger partial charge in [0, 0.05) is 42.0 Å². The zero-order valence-electron chi connectivity index (χ0n) is 15.2. The number of aryl methyl sites for hydroxylation is 2. The maximum absolute atomic E-state index is 12.5.